The van der Waals surface area contributed by atoms with Crippen molar-refractivity contribution in [3.63, 3.8) is 0 Å². The van der Waals surface area contributed by atoms with E-state index in [0.29, 0.717) is 12.5 Å². The van der Waals surface area contributed by atoms with Gasteiger partial charge < -0.3 is 14.5 Å². The Morgan fingerprint density at radius 2 is 2.22 bits per heavy atom. The highest BCUT2D eigenvalue weighted by atomic mass is 16.5. The maximum Gasteiger partial charge on any atom is 0.226 e. The van der Waals surface area contributed by atoms with E-state index in [1.54, 1.807) is 6.20 Å². The van der Waals surface area contributed by atoms with Crippen molar-refractivity contribution in [2.24, 2.45) is 5.92 Å². The predicted molar refractivity (Wildman–Crippen MR) is 90.7 cm³/mol. The molecule has 1 aliphatic carbocycles. The van der Waals surface area contributed by atoms with Crippen LogP contribution >= 0.6 is 0 Å². The summed E-state index contributed by atoms with van der Waals surface area (Å²) in [5.74, 6) is 2.07. The Bertz CT molecular complexity index is 585. The largest absolute Gasteiger partial charge is 0.485 e. The third-order valence-corrected chi connectivity index (χ3v) is 4.54. The van der Waals surface area contributed by atoms with Crippen molar-refractivity contribution in [2.75, 3.05) is 32.1 Å². The number of carbonyl (C=O) groups excluding carboxylic acids is 1. The van der Waals surface area contributed by atoms with Gasteiger partial charge in [-0.25, -0.2) is 4.98 Å². The normalized spacial score (nSPS) is 23.8. The molecule has 0 saturated carbocycles. The lowest BCUT2D eigenvalue weighted by Crippen LogP contribution is -2.36. The van der Waals surface area contributed by atoms with E-state index >= 15 is 0 Å². The molecular formula is C18H25N3O2. The van der Waals surface area contributed by atoms with E-state index in [0.717, 1.165) is 43.8 Å². The lowest BCUT2D eigenvalue weighted by atomic mass is 9.93. The molecule has 1 aromatic rings. The number of carbonyl (C=O) groups is 1. The third-order valence-electron chi connectivity index (χ3n) is 4.54. The van der Waals surface area contributed by atoms with Gasteiger partial charge in [0.1, 0.15) is 6.10 Å². The molecule has 0 radical (unpaired) electrons. The lowest BCUT2D eigenvalue weighted by Gasteiger charge is -2.24. The second-order valence-electron chi connectivity index (χ2n) is 6.51. The van der Waals surface area contributed by atoms with Crippen LogP contribution in [0.15, 0.2) is 30.5 Å². The minimum atomic E-state index is 0.0565. The van der Waals surface area contributed by atoms with E-state index in [9.17, 15) is 4.79 Å². The lowest BCUT2D eigenvalue weighted by molar-refractivity contribution is -0.135. The standard InChI is InChI=1S/C18H25N3O2/c1-20(2)17-16(9-6-11-19-17)23-15-10-12-21(13-15)18(22)14-7-4-3-5-8-14/h3-4,6,9,11,14-15H,5,7-8,10,12-13H2,1-2H3/t14-,15+/m1/s1. The second kappa shape index (κ2) is 7.02. The van der Waals surface area contributed by atoms with Crippen LogP contribution in [0.4, 0.5) is 5.82 Å². The van der Waals surface area contributed by atoms with Crippen LogP contribution in [0.25, 0.3) is 0 Å². The average Bonchev–Trinajstić information content (AvgIpc) is 3.04. The quantitative estimate of drug-likeness (QED) is 0.801. The summed E-state index contributed by atoms with van der Waals surface area (Å²) in [6.07, 6.45) is 9.89. The minimum Gasteiger partial charge on any atom is -0.485 e. The molecule has 0 bridgehead atoms. The van der Waals surface area contributed by atoms with Crippen molar-refractivity contribution >= 4 is 11.7 Å². The monoisotopic (exact) mass is 315 g/mol. The van der Waals surface area contributed by atoms with Crippen molar-refractivity contribution in [1.82, 2.24) is 9.88 Å². The number of hydrogen-bond acceptors (Lipinski definition) is 4. The molecule has 1 fully saturated rings. The molecule has 1 amide bonds. The molecular weight excluding hydrogens is 290 g/mol. The molecule has 1 aliphatic heterocycles. The number of allylic oxidation sites excluding steroid dienone is 2. The van der Waals surface area contributed by atoms with Gasteiger partial charge in [-0.15, -0.1) is 0 Å². The molecule has 0 N–H and O–H groups in total. The zero-order valence-electron chi connectivity index (χ0n) is 13.9. The topological polar surface area (TPSA) is 45.7 Å². The summed E-state index contributed by atoms with van der Waals surface area (Å²) in [6.45, 7) is 1.47. The van der Waals surface area contributed by atoms with Crippen LogP contribution in [0.3, 0.4) is 0 Å². The summed E-state index contributed by atoms with van der Waals surface area (Å²) in [6, 6.07) is 3.83. The van der Waals surface area contributed by atoms with Crippen molar-refractivity contribution in [3.8, 4) is 5.75 Å². The van der Waals surface area contributed by atoms with Gasteiger partial charge in [0.05, 0.1) is 6.54 Å². The minimum absolute atomic E-state index is 0.0565. The molecule has 23 heavy (non-hydrogen) atoms. The number of anilines is 1. The van der Waals surface area contributed by atoms with Gasteiger partial charge in [0.15, 0.2) is 11.6 Å². The molecule has 5 heteroatoms. The Hall–Kier alpha value is -2.04. The summed E-state index contributed by atoms with van der Waals surface area (Å²) in [7, 11) is 3.91. The molecule has 0 spiro atoms. The Morgan fingerprint density at radius 1 is 1.35 bits per heavy atom. The SMILES string of the molecule is CN(C)c1ncccc1O[C@H]1CCN(C(=O)[C@@H]2CC=CCC2)C1. The second-order valence-corrected chi connectivity index (χ2v) is 6.51. The van der Waals surface area contributed by atoms with Gasteiger partial charge in [0.25, 0.3) is 0 Å². The zero-order valence-corrected chi connectivity index (χ0v) is 13.9. The van der Waals surface area contributed by atoms with Crippen molar-refractivity contribution in [2.45, 2.75) is 31.8 Å². The molecule has 2 aliphatic rings. The van der Waals surface area contributed by atoms with Gasteiger partial charge in [-0.2, -0.15) is 0 Å². The third kappa shape index (κ3) is 3.66. The zero-order chi connectivity index (χ0) is 16.2. The van der Waals surface area contributed by atoms with Crippen LogP contribution in [-0.2, 0) is 4.79 Å². The maximum atomic E-state index is 12.6. The van der Waals surface area contributed by atoms with E-state index in [-0.39, 0.29) is 12.0 Å². The Balaban J connectivity index is 1.60. The summed E-state index contributed by atoms with van der Waals surface area (Å²) in [5.41, 5.74) is 0. The molecule has 0 aromatic carbocycles. The van der Waals surface area contributed by atoms with Gasteiger partial charge in [-0.3, -0.25) is 4.79 Å². The summed E-state index contributed by atoms with van der Waals surface area (Å²) in [4.78, 5) is 20.9. The van der Waals surface area contributed by atoms with E-state index in [1.807, 2.05) is 36.0 Å². The van der Waals surface area contributed by atoms with E-state index in [4.69, 9.17) is 4.74 Å². The molecule has 124 valence electrons. The smallest absolute Gasteiger partial charge is 0.226 e. The first kappa shape index (κ1) is 15.8. The average molecular weight is 315 g/mol. The number of pyridine rings is 1. The predicted octanol–water partition coefficient (Wildman–Crippen LogP) is 2.48. The van der Waals surface area contributed by atoms with E-state index in [2.05, 4.69) is 17.1 Å². The first-order valence-corrected chi connectivity index (χ1v) is 8.38. The van der Waals surface area contributed by atoms with Crippen LogP contribution in [0.1, 0.15) is 25.7 Å². The van der Waals surface area contributed by atoms with Crippen LogP contribution in [0.2, 0.25) is 0 Å². The van der Waals surface area contributed by atoms with Gasteiger partial charge in [-0.05, 0) is 31.4 Å². The van der Waals surface area contributed by atoms with Gasteiger partial charge in [0, 0.05) is 39.2 Å². The van der Waals surface area contributed by atoms with Crippen molar-refractivity contribution in [1.29, 1.82) is 0 Å². The van der Waals surface area contributed by atoms with Crippen LogP contribution < -0.4 is 9.64 Å². The maximum absolute atomic E-state index is 12.6. The van der Waals surface area contributed by atoms with Crippen molar-refractivity contribution in [3.05, 3.63) is 30.5 Å². The highest BCUT2D eigenvalue weighted by molar-refractivity contribution is 5.79. The first-order chi connectivity index (χ1) is 11.1. The fraction of sp³-hybridized carbons (Fsp3) is 0.556. The summed E-state index contributed by atoms with van der Waals surface area (Å²) >= 11 is 0. The fourth-order valence-corrected chi connectivity index (χ4v) is 3.29. The summed E-state index contributed by atoms with van der Waals surface area (Å²) < 4.78 is 6.12. The molecule has 3 rings (SSSR count). The van der Waals surface area contributed by atoms with Crippen LogP contribution in [0, 0.1) is 5.92 Å². The number of aromatic nitrogens is 1. The molecule has 2 atom stereocenters. The number of likely N-dealkylation sites (tertiary alicyclic amines) is 1. The first-order valence-electron chi connectivity index (χ1n) is 8.38. The molecule has 0 unspecified atom stereocenters. The Kier molecular flexibility index (Phi) is 4.84. The van der Waals surface area contributed by atoms with E-state index < -0.39 is 0 Å². The fourth-order valence-electron chi connectivity index (χ4n) is 3.29. The Morgan fingerprint density at radius 3 is 2.96 bits per heavy atom. The number of rotatable bonds is 4. The molecule has 5 nitrogen and oxygen atoms in total. The highest BCUT2D eigenvalue weighted by Gasteiger charge is 2.32. The van der Waals surface area contributed by atoms with Crippen molar-refractivity contribution < 1.29 is 9.53 Å². The molecule has 2 heterocycles. The number of ether oxygens (including phenoxy) is 1. The Labute approximate surface area is 137 Å². The number of nitrogens with zero attached hydrogens (tertiary/aromatic N) is 3. The molecule has 1 aromatic heterocycles. The highest BCUT2D eigenvalue weighted by Crippen LogP contribution is 2.28. The molecule has 1 saturated heterocycles. The van der Waals surface area contributed by atoms with Gasteiger partial charge >= 0.3 is 0 Å². The number of amides is 1. The van der Waals surface area contributed by atoms with Gasteiger partial charge in [0.2, 0.25) is 5.91 Å². The van der Waals surface area contributed by atoms with Crippen LogP contribution in [-0.4, -0.2) is 49.1 Å². The van der Waals surface area contributed by atoms with E-state index in [1.165, 1.54) is 0 Å². The number of hydrogen-bond donors (Lipinski definition) is 0. The summed E-state index contributed by atoms with van der Waals surface area (Å²) in [5, 5.41) is 0. The van der Waals surface area contributed by atoms with Gasteiger partial charge in [-0.1, -0.05) is 12.2 Å². The van der Waals surface area contributed by atoms with Crippen LogP contribution in [0.5, 0.6) is 5.75 Å².